The standard InChI is InChI=1S/C48H28OS/c1-2-11-29(12-3-1)44-34-15-4-6-17-36(34)45(37-18-7-5-16-35(37)44)33-14-10-13-31(27-33)32-22-24-40-39(28-32)47-41(49-40)25-21-30-23-26-43-48(46(30)47)38-19-8-9-20-42(38)50-43/h1-28H. The van der Waals surface area contributed by atoms with Crippen molar-refractivity contribution in [1.29, 1.82) is 0 Å². The Morgan fingerprint density at radius 1 is 0.320 bits per heavy atom. The molecule has 2 heterocycles. The van der Waals surface area contributed by atoms with E-state index in [2.05, 4.69) is 170 Å². The molecule has 0 spiro atoms. The molecule has 0 radical (unpaired) electrons. The van der Waals surface area contributed by atoms with Crippen molar-refractivity contribution in [3.8, 4) is 33.4 Å². The molecule has 0 bridgehead atoms. The predicted molar refractivity (Wildman–Crippen MR) is 215 cm³/mol. The molecule has 232 valence electrons. The van der Waals surface area contributed by atoms with Crippen LogP contribution in [0.15, 0.2) is 174 Å². The van der Waals surface area contributed by atoms with Gasteiger partial charge in [-0.25, -0.2) is 0 Å². The third kappa shape index (κ3) is 4.00. The lowest BCUT2D eigenvalue weighted by molar-refractivity contribution is 0.669. The zero-order valence-electron chi connectivity index (χ0n) is 27.0. The molecule has 50 heavy (non-hydrogen) atoms. The highest BCUT2D eigenvalue weighted by atomic mass is 32.1. The molecule has 0 N–H and O–H groups in total. The Kier molecular flexibility index (Phi) is 5.89. The second-order valence-corrected chi connectivity index (χ2v) is 14.3. The maximum atomic E-state index is 6.53. The number of fused-ring (bicyclic) bond motifs is 11. The van der Waals surface area contributed by atoms with Crippen LogP contribution >= 0.6 is 11.3 Å². The summed E-state index contributed by atoms with van der Waals surface area (Å²) in [5.41, 5.74) is 9.21. The summed E-state index contributed by atoms with van der Waals surface area (Å²) in [5, 5.41) is 12.5. The molecule has 0 aliphatic heterocycles. The van der Waals surface area contributed by atoms with Crippen LogP contribution in [0.1, 0.15) is 0 Å². The van der Waals surface area contributed by atoms with Crippen LogP contribution in [0, 0.1) is 0 Å². The smallest absolute Gasteiger partial charge is 0.136 e. The lowest BCUT2D eigenvalue weighted by Gasteiger charge is -2.18. The molecular weight excluding hydrogens is 625 g/mol. The zero-order valence-corrected chi connectivity index (χ0v) is 27.8. The summed E-state index contributed by atoms with van der Waals surface area (Å²) in [7, 11) is 0. The molecular formula is C48H28OS. The van der Waals surface area contributed by atoms with E-state index in [1.165, 1.54) is 91.3 Å². The van der Waals surface area contributed by atoms with E-state index in [4.69, 9.17) is 4.42 Å². The van der Waals surface area contributed by atoms with Gasteiger partial charge < -0.3 is 4.42 Å². The topological polar surface area (TPSA) is 13.1 Å². The van der Waals surface area contributed by atoms with E-state index in [9.17, 15) is 0 Å². The first-order chi connectivity index (χ1) is 24.8. The van der Waals surface area contributed by atoms with Gasteiger partial charge in [0.1, 0.15) is 11.2 Å². The Hall–Kier alpha value is -6.22. The van der Waals surface area contributed by atoms with Gasteiger partial charge in [-0.1, -0.05) is 133 Å². The average molecular weight is 653 g/mol. The Balaban J connectivity index is 1.15. The van der Waals surface area contributed by atoms with Gasteiger partial charge in [0, 0.05) is 36.3 Å². The van der Waals surface area contributed by atoms with Crippen LogP contribution in [0.4, 0.5) is 0 Å². The Labute approximate surface area is 292 Å². The van der Waals surface area contributed by atoms with E-state index in [0.29, 0.717) is 0 Å². The summed E-state index contributed by atoms with van der Waals surface area (Å²) >= 11 is 1.86. The van der Waals surface area contributed by atoms with Crippen LogP contribution < -0.4 is 0 Å². The fourth-order valence-corrected chi connectivity index (χ4v) is 9.40. The van der Waals surface area contributed by atoms with Crippen molar-refractivity contribution in [2.75, 3.05) is 0 Å². The van der Waals surface area contributed by atoms with Gasteiger partial charge in [-0.15, -0.1) is 11.3 Å². The second kappa shape index (κ2) is 10.6. The number of furan rings is 1. The van der Waals surface area contributed by atoms with E-state index in [1.54, 1.807) is 0 Å². The highest BCUT2D eigenvalue weighted by Gasteiger charge is 2.19. The van der Waals surface area contributed by atoms with Gasteiger partial charge in [-0.2, -0.15) is 0 Å². The second-order valence-electron chi connectivity index (χ2n) is 13.2. The molecule has 1 nitrogen and oxygen atoms in total. The van der Waals surface area contributed by atoms with E-state index < -0.39 is 0 Å². The van der Waals surface area contributed by atoms with Crippen molar-refractivity contribution >= 4 is 85.8 Å². The molecule has 11 aromatic rings. The van der Waals surface area contributed by atoms with Crippen LogP contribution in [-0.2, 0) is 0 Å². The molecule has 2 heteroatoms. The minimum atomic E-state index is 0.914. The van der Waals surface area contributed by atoms with Crippen molar-refractivity contribution < 1.29 is 4.42 Å². The van der Waals surface area contributed by atoms with Crippen LogP contribution in [0.5, 0.6) is 0 Å². The normalized spacial score (nSPS) is 12.0. The van der Waals surface area contributed by atoms with E-state index in [1.807, 2.05) is 11.3 Å². The number of hydrogen-bond acceptors (Lipinski definition) is 2. The highest BCUT2D eigenvalue weighted by Crippen LogP contribution is 2.46. The molecule has 11 rings (SSSR count). The van der Waals surface area contributed by atoms with Crippen LogP contribution in [-0.4, -0.2) is 0 Å². The maximum absolute atomic E-state index is 6.53. The van der Waals surface area contributed by atoms with E-state index in [0.717, 1.165) is 16.6 Å². The molecule has 0 fully saturated rings. The molecule has 0 unspecified atom stereocenters. The zero-order chi connectivity index (χ0) is 32.8. The van der Waals surface area contributed by atoms with Gasteiger partial charge in [-0.05, 0) is 96.7 Å². The summed E-state index contributed by atoms with van der Waals surface area (Å²) < 4.78 is 9.15. The molecule has 0 aliphatic rings. The van der Waals surface area contributed by atoms with Gasteiger partial charge in [0.2, 0.25) is 0 Å². The minimum Gasteiger partial charge on any atom is -0.456 e. The fraction of sp³-hybridized carbons (Fsp3) is 0. The molecule has 9 aromatic carbocycles. The average Bonchev–Trinajstić information content (AvgIpc) is 3.75. The third-order valence-corrected chi connectivity index (χ3v) is 11.6. The third-order valence-electron chi connectivity index (χ3n) is 10.4. The number of benzene rings is 9. The first-order valence-corrected chi connectivity index (χ1v) is 17.9. The first-order valence-electron chi connectivity index (χ1n) is 17.1. The summed E-state index contributed by atoms with van der Waals surface area (Å²) in [4.78, 5) is 0. The summed E-state index contributed by atoms with van der Waals surface area (Å²) in [6, 6.07) is 61.9. The molecule has 0 amide bonds. The predicted octanol–water partition coefficient (Wildman–Crippen LogP) is 14.4. The van der Waals surface area contributed by atoms with Crippen molar-refractivity contribution in [2.45, 2.75) is 0 Å². The molecule has 0 saturated carbocycles. The molecule has 2 aromatic heterocycles. The highest BCUT2D eigenvalue weighted by molar-refractivity contribution is 7.26. The lowest BCUT2D eigenvalue weighted by atomic mass is 9.85. The van der Waals surface area contributed by atoms with Gasteiger partial charge in [0.25, 0.3) is 0 Å². The fourth-order valence-electron chi connectivity index (χ4n) is 8.29. The summed E-state index contributed by atoms with van der Waals surface area (Å²) in [6.45, 7) is 0. The van der Waals surface area contributed by atoms with Crippen LogP contribution in [0.25, 0.3) is 108 Å². The Morgan fingerprint density at radius 2 is 0.900 bits per heavy atom. The largest absolute Gasteiger partial charge is 0.456 e. The van der Waals surface area contributed by atoms with Crippen LogP contribution in [0.3, 0.4) is 0 Å². The van der Waals surface area contributed by atoms with Crippen molar-refractivity contribution in [3.63, 3.8) is 0 Å². The van der Waals surface area contributed by atoms with E-state index in [-0.39, 0.29) is 0 Å². The molecule has 0 aliphatic carbocycles. The van der Waals surface area contributed by atoms with Gasteiger partial charge in [0.15, 0.2) is 0 Å². The van der Waals surface area contributed by atoms with E-state index >= 15 is 0 Å². The number of thiophene rings is 1. The quantitative estimate of drug-likeness (QED) is 0.173. The monoisotopic (exact) mass is 652 g/mol. The Bertz CT molecular complexity index is 3080. The van der Waals surface area contributed by atoms with Gasteiger partial charge >= 0.3 is 0 Å². The summed E-state index contributed by atoms with van der Waals surface area (Å²) in [5.74, 6) is 0. The number of rotatable bonds is 3. The van der Waals surface area contributed by atoms with Crippen molar-refractivity contribution in [3.05, 3.63) is 170 Å². The van der Waals surface area contributed by atoms with Crippen molar-refractivity contribution in [2.24, 2.45) is 0 Å². The van der Waals surface area contributed by atoms with Crippen molar-refractivity contribution in [1.82, 2.24) is 0 Å². The maximum Gasteiger partial charge on any atom is 0.136 e. The lowest BCUT2D eigenvalue weighted by Crippen LogP contribution is -1.91. The van der Waals surface area contributed by atoms with Gasteiger partial charge in [-0.3, -0.25) is 0 Å². The SMILES string of the molecule is c1ccc(-c2c3ccccc3c(-c3cccc(-c4ccc5oc6ccc7ccc8sc9ccccc9c8c7c6c5c4)c3)c3ccccc23)cc1. The number of hydrogen-bond donors (Lipinski definition) is 0. The first kappa shape index (κ1) is 27.7. The molecule has 0 atom stereocenters. The Morgan fingerprint density at radius 3 is 1.66 bits per heavy atom. The van der Waals surface area contributed by atoms with Crippen LogP contribution in [0.2, 0.25) is 0 Å². The molecule has 0 saturated heterocycles. The summed E-state index contributed by atoms with van der Waals surface area (Å²) in [6.07, 6.45) is 0. The minimum absolute atomic E-state index is 0.914. The van der Waals surface area contributed by atoms with Gasteiger partial charge in [0.05, 0.1) is 0 Å².